The summed E-state index contributed by atoms with van der Waals surface area (Å²) in [7, 11) is 0. The average Bonchev–Trinajstić information content (AvgIpc) is 2.94. The first kappa shape index (κ1) is 17.3. The maximum absolute atomic E-state index is 12.1. The number of ether oxygens (including phenoxy) is 2. The van der Waals surface area contributed by atoms with Crippen LogP contribution in [0.2, 0.25) is 5.02 Å². The molecule has 2 aromatic carbocycles. The summed E-state index contributed by atoms with van der Waals surface area (Å²) >= 11 is 6.01. The number of rotatable bonds is 5. The van der Waals surface area contributed by atoms with Gasteiger partial charge in [-0.3, -0.25) is 4.79 Å². The number of hydrogen-bond donors (Lipinski definition) is 1. The molecule has 1 amide bonds. The Morgan fingerprint density at radius 1 is 1.44 bits per heavy atom. The van der Waals surface area contributed by atoms with Crippen LogP contribution in [0.1, 0.15) is 35.3 Å². The highest BCUT2D eigenvalue weighted by atomic mass is 35.5. The van der Waals surface area contributed by atoms with E-state index in [-0.39, 0.29) is 12.0 Å². The van der Waals surface area contributed by atoms with E-state index in [9.17, 15) is 4.79 Å². The second-order valence-corrected chi connectivity index (χ2v) is 6.15. The van der Waals surface area contributed by atoms with Crippen molar-refractivity contribution < 1.29 is 14.3 Å². The van der Waals surface area contributed by atoms with Crippen LogP contribution in [0.25, 0.3) is 0 Å². The molecule has 25 heavy (non-hydrogen) atoms. The third-order valence-corrected chi connectivity index (χ3v) is 4.15. The standard InChI is InChI=1S/C19H19ClN2O3/c1-3-24-17-9-13-8-12(2)25-18(13)10-14(17)11-21-22-19(23)15-6-4-5-7-16(15)20/h4-7,9-12H,3,8H2,1-2H3,(H,22,23)/b21-11-/t12-/m0/s1. The molecule has 2 aromatic rings. The van der Waals surface area contributed by atoms with Gasteiger partial charge >= 0.3 is 0 Å². The van der Waals surface area contributed by atoms with Crippen LogP contribution in [-0.2, 0) is 6.42 Å². The van der Waals surface area contributed by atoms with Gasteiger partial charge in [-0.2, -0.15) is 5.10 Å². The molecule has 0 unspecified atom stereocenters. The Balaban J connectivity index is 1.78. The van der Waals surface area contributed by atoms with Gasteiger partial charge in [0.2, 0.25) is 0 Å². The lowest BCUT2D eigenvalue weighted by molar-refractivity contribution is 0.0955. The molecule has 0 saturated heterocycles. The molecule has 0 bridgehead atoms. The number of carbonyl (C=O) groups is 1. The molecule has 0 fully saturated rings. The SMILES string of the molecule is CCOc1cc2c(cc1/C=N\NC(=O)c1ccccc1Cl)O[C@@H](C)C2. The lowest BCUT2D eigenvalue weighted by Crippen LogP contribution is -2.18. The fourth-order valence-electron chi connectivity index (χ4n) is 2.70. The van der Waals surface area contributed by atoms with Crippen LogP contribution >= 0.6 is 11.6 Å². The fourth-order valence-corrected chi connectivity index (χ4v) is 2.92. The molecule has 0 radical (unpaired) electrons. The summed E-state index contributed by atoms with van der Waals surface area (Å²) in [5.41, 5.74) is 4.72. The van der Waals surface area contributed by atoms with Crippen LogP contribution in [0, 0.1) is 0 Å². The van der Waals surface area contributed by atoms with Crippen LogP contribution in [0.4, 0.5) is 0 Å². The van der Waals surface area contributed by atoms with Crippen molar-refractivity contribution in [3.63, 3.8) is 0 Å². The van der Waals surface area contributed by atoms with Gasteiger partial charge in [0, 0.05) is 17.5 Å². The number of benzene rings is 2. The first-order valence-electron chi connectivity index (χ1n) is 8.12. The highest BCUT2D eigenvalue weighted by Crippen LogP contribution is 2.34. The Kier molecular flexibility index (Phi) is 5.24. The molecule has 3 rings (SSSR count). The van der Waals surface area contributed by atoms with Crippen LogP contribution in [-0.4, -0.2) is 24.8 Å². The number of amides is 1. The minimum absolute atomic E-state index is 0.150. The molecule has 1 atom stereocenters. The fraction of sp³-hybridized carbons (Fsp3) is 0.263. The van der Waals surface area contributed by atoms with Crippen LogP contribution < -0.4 is 14.9 Å². The maximum Gasteiger partial charge on any atom is 0.272 e. The predicted octanol–water partition coefficient (Wildman–Crippen LogP) is 3.83. The minimum atomic E-state index is -0.370. The Bertz CT molecular complexity index is 820. The second kappa shape index (κ2) is 7.57. The van der Waals surface area contributed by atoms with Gasteiger partial charge in [-0.05, 0) is 38.1 Å². The van der Waals surface area contributed by atoms with Crippen LogP contribution in [0.15, 0.2) is 41.5 Å². The summed E-state index contributed by atoms with van der Waals surface area (Å²) in [6.07, 6.45) is 2.55. The van der Waals surface area contributed by atoms with Gasteiger partial charge in [0.25, 0.3) is 5.91 Å². The van der Waals surface area contributed by atoms with Crippen molar-refractivity contribution in [1.29, 1.82) is 0 Å². The quantitative estimate of drug-likeness (QED) is 0.652. The summed E-state index contributed by atoms with van der Waals surface area (Å²) in [6.45, 7) is 4.49. The zero-order chi connectivity index (χ0) is 17.8. The number of hydrazone groups is 1. The highest BCUT2D eigenvalue weighted by Gasteiger charge is 2.21. The van der Waals surface area contributed by atoms with Crippen molar-refractivity contribution in [2.24, 2.45) is 5.10 Å². The molecule has 1 aliphatic rings. The molecule has 1 heterocycles. The third-order valence-electron chi connectivity index (χ3n) is 3.82. The molecule has 6 heteroatoms. The Labute approximate surface area is 151 Å². The summed E-state index contributed by atoms with van der Waals surface area (Å²) in [6, 6.07) is 10.7. The van der Waals surface area contributed by atoms with E-state index in [2.05, 4.69) is 10.5 Å². The highest BCUT2D eigenvalue weighted by molar-refractivity contribution is 6.33. The van der Waals surface area contributed by atoms with E-state index in [1.165, 1.54) is 0 Å². The van der Waals surface area contributed by atoms with Gasteiger partial charge in [-0.15, -0.1) is 0 Å². The number of hydrogen-bond acceptors (Lipinski definition) is 4. The molecular formula is C19H19ClN2O3. The van der Waals surface area contributed by atoms with Crippen LogP contribution in [0.5, 0.6) is 11.5 Å². The van der Waals surface area contributed by atoms with Crippen molar-refractivity contribution in [2.75, 3.05) is 6.61 Å². The molecule has 5 nitrogen and oxygen atoms in total. The number of halogens is 1. The second-order valence-electron chi connectivity index (χ2n) is 5.74. The van der Waals surface area contributed by atoms with Crippen molar-refractivity contribution in [3.8, 4) is 11.5 Å². The Hall–Kier alpha value is -2.53. The van der Waals surface area contributed by atoms with E-state index >= 15 is 0 Å². The average molecular weight is 359 g/mol. The first-order valence-corrected chi connectivity index (χ1v) is 8.50. The monoisotopic (exact) mass is 358 g/mol. The van der Waals surface area contributed by atoms with Crippen molar-refractivity contribution in [1.82, 2.24) is 5.43 Å². The Morgan fingerprint density at radius 2 is 2.24 bits per heavy atom. The van der Waals surface area contributed by atoms with Gasteiger partial charge in [0.15, 0.2) is 0 Å². The molecule has 1 aliphatic heterocycles. The zero-order valence-corrected chi connectivity index (χ0v) is 14.8. The van der Waals surface area contributed by atoms with Gasteiger partial charge in [-0.1, -0.05) is 23.7 Å². The lowest BCUT2D eigenvalue weighted by atomic mass is 10.1. The van der Waals surface area contributed by atoms with E-state index in [4.69, 9.17) is 21.1 Å². The maximum atomic E-state index is 12.1. The zero-order valence-electron chi connectivity index (χ0n) is 14.1. The van der Waals surface area contributed by atoms with E-state index in [0.717, 1.165) is 29.0 Å². The minimum Gasteiger partial charge on any atom is -0.493 e. The van der Waals surface area contributed by atoms with E-state index in [1.807, 2.05) is 26.0 Å². The normalized spacial score (nSPS) is 15.7. The number of fused-ring (bicyclic) bond motifs is 1. The van der Waals surface area contributed by atoms with Gasteiger partial charge in [0.05, 0.1) is 23.4 Å². The summed E-state index contributed by atoms with van der Waals surface area (Å²) < 4.78 is 11.4. The topological polar surface area (TPSA) is 59.9 Å². The van der Waals surface area contributed by atoms with E-state index < -0.39 is 0 Å². The largest absolute Gasteiger partial charge is 0.493 e. The lowest BCUT2D eigenvalue weighted by Gasteiger charge is -2.09. The van der Waals surface area contributed by atoms with Crippen LogP contribution in [0.3, 0.4) is 0 Å². The first-order chi connectivity index (χ1) is 12.1. The number of nitrogens with zero attached hydrogens (tertiary/aromatic N) is 1. The summed E-state index contributed by atoms with van der Waals surface area (Å²) in [4.78, 5) is 12.1. The van der Waals surface area contributed by atoms with Gasteiger partial charge < -0.3 is 9.47 Å². The molecule has 0 spiro atoms. The summed E-state index contributed by atoms with van der Waals surface area (Å²) in [5, 5.41) is 4.41. The van der Waals surface area contributed by atoms with E-state index in [0.29, 0.717) is 17.2 Å². The molecule has 0 aliphatic carbocycles. The molecule has 0 saturated carbocycles. The number of nitrogens with one attached hydrogen (secondary N) is 1. The predicted molar refractivity (Wildman–Crippen MR) is 97.9 cm³/mol. The third kappa shape index (κ3) is 3.94. The smallest absolute Gasteiger partial charge is 0.272 e. The van der Waals surface area contributed by atoms with Crippen molar-refractivity contribution in [3.05, 3.63) is 58.1 Å². The molecule has 1 N–H and O–H groups in total. The molecular weight excluding hydrogens is 340 g/mol. The molecule has 130 valence electrons. The number of carbonyl (C=O) groups excluding carboxylic acids is 1. The summed E-state index contributed by atoms with van der Waals surface area (Å²) in [5.74, 6) is 1.18. The Morgan fingerprint density at radius 3 is 3.00 bits per heavy atom. The van der Waals surface area contributed by atoms with Crippen molar-refractivity contribution >= 4 is 23.7 Å². The van der Waals surface area contributed by atoms with E-state index in [1.54, 1.807) is 30.5 Å². The van der Waals surface area contributed by atoms with Crippen molar-refractivity contribution in [2.45, 2.75) is 26.4 Å². The van der Waals surface area contributed by atoms with Gasteiger partial charge in [0.1, 0.15) is 17.6 Å². The molecule has 0 aromatic heterocycles. The van der Waals surface area contributed by atoms with Gasteiger partial charge in [-0.25, -0.2) is 5.43 Å².